The van der Waals surface area contributed by atoms with E-state index in [1.165, 1.54) is 24.0 Å². The molecule has 3 rings (SSSR count). The number of anilines is 1. The maximum Gasteiger partial charge on any atom is 0.309 e. The van der Waals surface area contributed by atoms with Gasteiger partial charge in [0.05, 0.1) is 23.4 Å². The molecule has 0 saturated carbocycles. The highest BCUT2D eigenvalue weighted by atomic mass is 35.5. The van der Waals surface area contributed by atoms with E-state index in [0.717, 1.165) is 5.56 Å². The van der Waals surface area contributed by atoms with E-state index in [0.29, 0.717) is 17.3 Å². The summed E-state index contributed by atoms with van der Waals surface area (Å²) in [5.74, 6) is -0.361. The van der Waals surface area contributed by atoms with Crippen molar-refractivity contribution in [3.8, 4) is 0 Å². The second-order valence-corrected chi connectivity index (χ2v) is 6.03. The monoisotopic (exact) mass is 374 g/mol. The molecule has 0 saturated heterocycles. The lowest BCUT2D eigenvalue weighted by molar-refractivity contribution is -0.385. The quantitative estimate of drug-likeness (QED) is 0.527. The first kappa shape index (κ1) is 17.6. The Morgan fingerprint density at radius 1 is 1.31 bits per heavy atom. The van der Waals surface area contributed by atoms with E-state index in [1.807, 2.05) is 18.2 Å². The molecule has 0 bridgehead atoms. The molecule has 10 heteroatoms. The molecule has 0 atom stereocenters. The molecule has 0 spiro atoms. The second kappa shape index (κ2) is 7.36. The molecule has 26 heavy (non-hydrogen) atoms. The molecule has 1 N–H and O–H groups in total. The number of carbonyl (C=O) groups excluding carboxylic acids is 1. The van der Waals surface area contributed by atoms with Crippen molar-refractivity contribution in [2.75, 3.05) is 5.32 Å². The first-order valence-corrected chi connectivity index (χ1v) is 8.04. The Bertz CT molecular complexity index is 965. The molecule has 0 unspecified atom stereocenters. The molecule has 3 aromatic rings. The van der Waals surface area contributed by atoms with Crippen LogP contribution in [0.5, 0.6) is 0 Å². The highest BCUT2D eigenvalue weighted by Crippen LogP contribution is 2.17. The lowest BCUT2D eigenvalue weighted by Gasteiger charge is -2.04. The standard InChI is InChI=1S/C16H15ClN6O3/c1-11-15(23(25)26)9-22(20-11)10-16(24)19-13-6-18-21(8-13)7-12-4-2-3-5-14(12)17/h2-6,8-9H,7,10H2,1H3,(H,19,24). The summed E-state index contributed by atoms with van der Waals surface area (Å²) >= 11 is 6.12. The summed E-state index contributed by atoms with van der Waals surface area (Å²) in [6.07, 6.45) is 4.43. The van der Waals surface area contributed by atoms with Crippen molar-refractivity contribution >= 4 is 28.9 Å². The zero-order valence-corrected chi connectivity index (χ0v) is 14.6. The summed E-state index contributed by atoms with van der Waals surface area (Å²) in [4.78, 5) is 22.4. The number of nitrogens with zero attached hydrogens (tertiary/aromatic N) is 5. The number of hydrogen-bond donors (Lipinski definition) is 1. The molecule has 0 aliphatic heterocycles. The predicted octanol–water partition coefficient (Wildman–Crippen LogP) is 2.64. The number of benzene rings is 1. The van der Waals surface area contributed by atoms with Gasteiger partial charge in [-0.15, -0.1) is 0 Å². The molecular formula is C16H15ClN6O3. The van der Waals surface area contributed by atoms with Crippen molar-refractivity contribution < 1.29 is 9.72 Å². The Hall–Kier alpha value is -3.20. The third kappa shape index (κ3) is 4.06. The highest BCUT2D eigenvalue weighted by Gasteiger charge is 2.17. The summed E-state index contributed by atoms with van der Waals surface area (Å²) in [6, 6.07) is 7.43. The van der Waals surface area contributed by atoms with Crippen molar-refractivity contribution in [3.63, 3.8) is 0 Å². The SMILES string of the molecule is Cc1nn(CC(=O)Nc2cnn(Cc3ccccc3Cl)c2)cc1[N+](=O)[O-]. The third-order valence-electron chi connectivity index (χ3n) is 3.63. The summed E-state index contributed by atoms with van der Waals surface area (Å²) < 4.78 is 2.89. The van der Waals surface area contributed by atoms with Crippen LogP contribution >= 0.6 is 11.6 Å². The minimum atomic E-state index is -0.532. The van der Waals surface area contributed by atoms with Crippen LogP contribution in [-0.2, 0) is 17.9 Å². The fraction of sp³-hybridized carbons (Fsp3) is 0.188. The number of rotatable bonds is 6. The smallest absolute Gasteiger partial charge is 0.309 e. The Morgan fingerprint density at radius 3 is 2.77 bits per heavy atom. The van der Waals surface area contributed by atoms with Crippen molar-refractivity contribution in [1.82, 2.24) is 19.6 Å². The number of nitro groups is 1. The van der Waals surface area contributed by atoms with Crippen molar-refractivity contribution in [1.29, 1.82) is 0 Å². The van der Waals surface area contributed by atoms with Crippen LogP contribution < -0.4 is 5.32 Å². The van der Waals surface area contributed by atoms with Crippen LogP contribution in [0.4, 0.5) is 11.4 Å². The second-order valence-electron chi connectivity index (χ2n) is 5.62. The molecule has 0 aliphatic carbocycles. The van der Waals surface area contributed by atoms with E-state index in [4.69, 9.17) is 11.6 Å². The number of halogens is 1. The van der Waals surface area contributed by atoms with Gasteiger partial charge in [0.25, 0.3) is 0 Å². The van der Waals surface area contributed by atoms with Gasteiger partial charge in [-0.05, 0) is 18.6 Å². The van der Waals surface area contributed by atoms with Gasteiger partial charge < -0.3 is 5.32 Å². The molecule has 9 nitrogen and oxygen atoms in total. The molecule has 1 amide bonds. The normalized spacial score (nSPS) is 10.7. The highest BCUT2D eigenvalue weighted by molar-refractivity contribution is 6.31. The van der Waals surface area contributed by atoms with Crippen LogP contribution in [0.2, 0.25) is 5.02 Å². The van der Waals surface area contributed by atoms with E-state index < -0.39 is 4.92 Å². The Labute approximate surface area is 153 Å². The van der Waals surface area contributed by atoms with Crippen LogP contribution in [0.3, 0.4) is 0 Å². The Kier molecular flexibility index (Phi) is 4.99. The van der Waals surface area contributed by atoms with Gasteiger partial charge in [-0.1, -0.05) is 29.8 Å². The first-order valence-electron chi connectivity index (χ1n) is 7.66. The third-order valence-corrected chi connectivity index (χ3v) is 4.00. The van der Waals surface area contributed by atoms with Crippen LogP contribution in [0.1, 0.15) is 11.3 Å². The van der Waals surface area contributed by atoms with E-state index >= 15 is 0 Å². The Morgan fingerprint density at radius 2 is 2.08 bits per heavy atom. The number of hydrogen-bond acceptors (Lipinski definition) is 5. The molecule has 2 heterocycles. The van der Waals surface area contributed by atoms with Crippen molar-refractivity contribution in [3.05, 3.63) is 69.3 Å². The fourth-order valence-electron chi connectivity index (χ4n) is 2.43. The van der Waals surface area contributed by atoms with Gasteiger partial charge in [0.15, 0.2) is 0 Å². The minimum Gasteiger partial charge on any atom is -0.322 e. The fourth-order valence-corrected chi connectivity index (χ4v) is 2.63. The molecule has 0 aliphatic rings. The van der Waals surface area contributed by atoms with Gasteiger partial charge in [0, 0.05) is 11.2 Å². The minimum absolute atomic E-state index is 0.120. The molecule has 134 valence electrons. The molecular weight excluding hydrogens is 360 g/mol. The summed E-state index contributed by atoms with van der Waals surface area (Å²) in [5.41, 5.74) is 1.57. The molecule has 0 radical (unpaired) electrons. The molecule has 0 fully saturated rings. The predicted molar refractivity (Wildman–Crippen MR) is 95.0 cm³/mol. The van der Waals surface area contributed by atoms with Crippen LogP contribution in [-0.4, -0.2) is 30.4 Å². The van der Waals surface area contributed by atoms with Crippen molar-refractivity contribution in [2.24, 2.45) is 0 Å². The van der Waals surface area contributed by atoms with E-state index in [2.05, 4.69) is 15.5 Å². The number of nitrogens with one attached hydrogen (secondary N) is 1. The van der Waals surface area contributed by atoms with Crippen LogP contribution in [0.15, 0.2) is 42.9 Å². The number of aryl methyl sites for hydroxylation is 1. The Balaban J connectivity index is 1.62. The summed E-state index contributed by atoms with van der Waals surface area (Å²) in [7, 11) is 0. The largest absolute Gasteiger partial charge is 0.322 e. The van der Waals surface area contributed by atoms with E-state index in [1.54, 1.807) is 16.9 Å². The zero-order valence-electron chi connectivity index (χ0n) is 13.8. The average Bonchev–Trinajstić information content (AvgIpc) is 3.16. The van der Waals surface area contributed by atoms with E-state index in [9.17, 15) is 14.9 Å². The number of carbonyl (C=O) groups is 1. The number of amides is 1. The first-order chi connectivity index (χ1) is 12.4. The molecule has 2 aromatic heterocycles. The number of aromatic nitrogens is 4. The zero-order chi connectivity index (χ0) is 18.7. The van der Waals surface area contributed by atoms with Crippen molar-refractivity contribution in [2.45, 2.75) is 20.0 Å². The van der Waals surface area contributed by atoms with Crippen LogP contribution in [0.25, 0.3) is 0 Å². The average molecular weight is 375 g/mol. The summed E-state index contributed by atoms with van der Waals surface area (Å²) in [5, 5.41) is 22.3. The lowest BCUT2D eigenvalue weighted by Crippen LogP contribution is -2.18. The van der Waals surface area contributed by atoms with Crippen LogP contribution in [0, 0.1) is 17.0 Å². The van der Waals surface area contributed by atoms with Gasteiger partial charge >= 0.3 is 5.69 Å². The summed E-state index contributed by atoms with van der Waals surface area (Å²) in [6.45, 7) is 1.86. The van der Waals surface area contributed by atoms with E-state index in [-0.39, 0.29) is 23.8 Å². The lowest BCUT2D eigenvalue weighted by atomic mass is 10.2. The van der Waals surface area contributed by atoms with Gasteiger partial charge in [0.1, 0.15) is 18.4 Å². The molecule has 1 aromatic carbocycles. The topological polar surface area (TPSA) is 108 Å². The van der Waals surface area contributed by atoms with Gasteiger partial charge in [0.2, 0.25) is 5.91 Å². The maximum absolute atomic E-state index is 12.1. The van der Waals surface area contributed by atoms with Gasteiger partial charge in [-0.3, -0.25) is 24.3 Å². The van der Waals surface area contributed by atoms with Gasteiger partial charge in [-0.25, -0.2) is 0 Å². The van der Waals surface area contributed by atoms with Gasteiger partial charge in [-0.2, -0.15) is 10.2 Å². The maximum atomic E-state index is 12.1.